The Morgan fingerprint density at radius 1 is 1.17 bits per heavy atom. The number of benzene rings is 2. The SMILES string of the molecule is Cn1c(COc2ccc(/C=N\NC(N)=[N+]3CCCC3)cc2)[n+](C)c2ccccc21. The van der Waals surface area contributed by atoms with Gasteiger partial charge in [0.2, 0.25) is 0 Å². The van der Waals surface area contributed by atoms with Gasteiger partial charge in [-0.25, -0.2) is 9.13 Å². The number of nitrogens with two attached hydrogens (primary N) is 1. The van der Waals surface area contributed by atoms with Gasteiger partial charge in [0.25, 0.3) is 5.82 Å². The Kier molecular flexibility index (Phi) is 5.46. The second-order valence-electron chi connectivity index (χ2n) is 7.33. The molecule has 7 nitrogen and oxygen atoms in total. The number of imidazole rings is 1. The third kappa shape index (κ3) is 4.08. The molecule has 2 aromatic carbocycles. The van der Waals surface area contributed by atoms with Gasteiger partial charge in [-0.2, -0.15) is 5.43 Å². The molecule has 0 aliphatic carbocycles. The van der Waals surface area contributed by atoms with Crippen molar-refractivity contribution < 1.29 is 13.9 Å². The van der Waals surface area contributed by atoms with Crippen LogP contribution in [0.3, 0.4) is 0 Å². The van der Waals surface area contributed by atoms with Gasteiger partial charge in [0, 0.05) is 0 Å². The highest BCUT2D eigenvalue weighted by Crippen LogP contribution is 2.16. The van der Waals surface area contributed by atoms with Gasteiger partial charge < -0.3 is 4.74 Å². The van der Waals surface area contributed by atoms with E-state index in [1.54, 1.807) is 6.21 Å². The number of ether oxygens (including phenoxy) is 1. The number of hydrazone groups is 1. The first kappa shape index (κ1) is 19.0. The van der Waals surface area contributed by atoms with Gasteiger partial charge in [-0.05, 0) is 54.8 Å². The summed E-state index contributed by atoms with van der Waals surface area (Å²) in [4.78, 5) is 0. The number of aryl methyl sites for hydroxylation is 2. The average Bonchev–Trinajstić information content (AvgIpc) is 3.36. The predicted octanol–water partition coefficient (Wildman–Crippen LogP) is 1.63. The summed E-state index contributed by atoms with van der Waals surface area (Å²) in [6.07, 6.45) is 4.13. The van der Waals surface area contributed by atoms with Crippen LogP contribution in [-0.4, -0.2) is 34.4 Å². The molecule has 150 valence electrons. The molecule has 3 N–H and O–H groups in total. The van der Waals surface area contributed by atoms with Gasteiger partial charge in [-0.3, -0.25) is 10.3 Å². The standard InChI is InChI=1S/C22H27N6O/c1-26-19-7-3-4-8-20(19)27(2)21(26)16-29-18-11-9-17(10-12-18)15-24-25-22(23)28-13-5-6-14-28/h3-4,7-12,15H,5-6,13-14,16H2,1-2H3,(H2,23,25)/q+1/p+1/b24-15-. The Morgan fingerprint density at radius 2 is 1.90 bits per heavy atom. The lowest BCUT2D eigenvalue weighted by molar-refractivity contribution is -0.655. The number of para-hydroxylation sites is 2. The van der Waals surface area contributed by atoms with Crippen LogP contribution in [0.25, 0.3) is 11.0 Å². The summed E-state index contributed by atoms with van der Waals surface area (Å²) in [5.41, 5.74) is 12.3. The van der Waals surface area contributed by atoms with Gasteiger partial charge in [-0.1, -0.05) is 12.1 Å². The molecule has 0 amide bonds. The number of nitrogens with zero attached hydrogens (tertiary/aromatic N) is 4. The molecule has 29 heavy (non-hydrogen) atoms. The third-order valence-corrected chi connectivity index (χ3v) is 5.47. The smallest absolute Gasteiger partial charge is 0.367 e. The molecule has 0 spiro atoms. The van der Waals surface area contributed by atoms with Crippen molar-refractivity contribution in [1.82, 2.24) is 9.99 Å². The molecule has 3 aromatic rings. The lowest BCUT2D eigenvalue weighted by Crippen LogP contribution is -2.37. The largest absolute Gasteiger partial charge is 0.481 e. The zero-order valence-electron chi connectivity index (χ0n) is 17.0. The topological polar surface area (TPSA) is 71.5 Å². The maximum absolute atomic E-state index is 6.02. The maximum atomic E-state index is 6.02. The van der Waals surface area contributed by atoms with Crippen LogP contribution in [0.2, 0.25) is 0 Å². The lowest BCUT2D eigenvalue weighted by Gasteiger charge is -2.05. The number of rotatable bonds is 5. The number of fused-ring (bicyclic) bond motifs is 1. The molecule has 7 heteroatoms. The third-order valence-electron chi connectivity index (χ3n) is 5.47. The van der Waals surface area contributed by atoms with E-state index in [1.807, 2.05) is 24.3 Å². The first-order valence-corrected chi connectivity index (χ1v) is 9.95. The molecule has 1 aliphatic rings. The highest BCUT2D eigenvalue weighted by molar-refractivity contribution is 5.81. The maximum Gasteiger partial charge on any atom is 0.367 e. The molecule has 0 saturated carbocycles. The molecule has 0 unspecified atom stereocenters. The van der Waals surface area contributed by atoms with Crippen molar-refractivity contribution in [1.29, 1.82) is 0 Å². The normalized spacial score (nSPS) is 14.1. The van der Waals surface area contributed by atoms with E-state index in [0.717, 1.165) is 30.2 Å². The van der Waals surface area contributed by atoms with Crippen LogP contribution < -0.4 is 20.5 Å². The zero-order chi connectivity index (χ0) is 20.2. The van der Waals surface area contributed by atoms with Crippen molar-refractivity contribution in [3.8, 4) is 5.75 Å². The molecule has 4 rings (SSSR count). The van der Waals surface area contributed by atoms with Crippen LogP contribution in [-0.2, 0) is 20.7 Å². The summed E-state index contributed by atoms with van der Waals surface area (Å²) in [5, 5.41) is 4.23. The fourth-order valence-electron chi connectivity index (χ4n) is 3.73. The molecule has 0 radical (unpaired) electrons. The minimum Gasteiger partial charge on any atom is -0.481 e. The molecule has 0 bridgehead atoms. The van der Waals surface area contributed by atoms with Crippen LogP contribution in [0.1, 0.15) is 24.2 Å². The van der Waals surface area contributed by atoms with E-state index in [1.165, 1.54) is 23.9 Å². The summed E-state index contributed by atoms with van der Waals surface area (Å²) < 4.78 is 12.5. The van der Waals surface area contributed by atoms with Crippen LogP contribution in [0.15, 0.2) is 53.6 Å². The number of hydrogen-bond acceptors (Lipinski definition) is 2. The van der Waals surface area contributed by atoms with Crippen molar-refractivity contribution in [2.75, 3.05) is 13.1 Å². The fraction of sp³-hybridized carbons (Fsp3) is 0.318. The summed E-state index contributed by atoms with van der Waals surface area (Å²) >= 11 is 0. The Labute approximate surface area is 170 Å². The van der Waals surface area contributed by atoms with E-state index in [0.29, 0.717) is 12.6 Å². The molecule has 1 aromatic heterocycles. The Balaban J connectivity index is 1.38. The van der Waals surface area contributed by atoms with Crippen molar-refractivity contribution in [3.63, 3.8) is 0 Å². The van der Waals surface area contributed by atoms with Crippen LogP contribution >= 0.6 is 0 Å². The van der Waals surface area contributed by atoms with Crippen LogP contribution in [0.5, 0.6) is 5.75 Å². The van der Waals surface area contributed by atoms with Crippen molar-refractivity contribution in [3.05, 3.63) is 59.9 Å². The Hall–Kier alpha value is -3.35. The highest BCUT2D eigenvalue weighted by atomic mass is 16.5. The van der Waals surface area contributed by atoms with Gasteiger partial charge in [0.15, 0.2) is 17.6 Å². The molecule has 1 aliphatic heterocycles. The van der Waals surface area contributed by atoms with Gasteiger partial charge in [0.1, 0.15) is 5.75 Å². The van der Waals surface area contributed by atoms with Crippen LogP contribution in [0.4, 0.5) is 0 Å². The first-order valence-electron chi connectivity index (χ1n) is 9.95. The minimum absolute atomic E-state index is 0.498. The second kappa shape index (κ2) is 8.34. The predicted molar refractivity (Wildman–Crippen MR) is 114 cm³/mol. The highest BCUT2D eigenvalue weighted by Gasteiger charge is 2.19. The molecular formula is C22H28N6O+2. The lowest BCUT2D eigenvalue weighted by atomic mass is 10.2. The van der Waals surface area contributed by atoms with E-state index in [4.69, 9.17) is 10.5 Å². The average molecular weight is 393 g/mol. The minimum atomic E-state index is 0.498. The van der Waals surface area contributed by atoms with Gasteiger partial charge in [0.05, 0.1) is 33.4 Å². The molecular weight excluding hydrogens is 364 g/mol. The monoisotopic (exact) mass is 392 g/mol. The summed E-state index contributed by atoms with van der Waals surface area (Å²) in [6.45, 7) is 2.49. The van der Waals surface area contributed by atoms with E-state index >= 15 is 0 Å². The zero-order valence-corrected chi connectivity index (χ0v) is 17.0. The van der Waals surface area contributed by atoms with E-state index in [-0.39, 0.29) is 0 Å². The number of nitrogens with one attached hydrogen (secondary N) is 1. The number of guanidine groups is 1. The molecule has 1 saturated heterocycles. The first-order chi connectivity index (χ1) is 14.1. The van der Waals surface area contributed by atoms with Crippen molar-refractivity contribution in [2.45, 2.75) is 19.4 Å². The van der Waals surface area contributed by atoms with E-state index < -0.39 is 0 Å². The quantitative estimate of drug-likeness (QED) is 0.300. The van der Waals surface area contributed by atoms with Gasteiger partial charge >= 0.3 is 5.96 Å². The summed E-state index contributed by atoms with van der Waals surface area (Å²) in [5.74, 6) is 2.54. The summed E-state index contributed by atoms with van der Waals surface area (Å²) in [6, 6.07) is 16.2. The fourth-order valence-corrected chi connectivity index (χ4v) is 3.73. The van der Waals surface area contributed by atoms with Gasteiger partial charge in [-0.15, -0.1) is 5.10 Å². The van der Waals surface area contributed by atoms with E-state index in [2.05, 4.69) is 62.6 Å². The second-order valence-corrected chi connectivity index (χ2v) is 7.33. The van der Waals surface area contributed by atoms with Crippen LogP contribution in [0, 0.1) is 0 Å². The Morgan fingerprint density at radius 3 is 2.62 bits per heavy atom. The van der Waals surface area contributed by atoms with Crippen molar-refractivity contribution in [2.24, 2.45) is 24.9 Å². The molecule has 0 atom stereocenters. The number of hydrogen-bond donors (Lipinski definition) is 2. The molecule has 2 heterocycles. The molecule has 1 fully saturated rings. The van der Waals surface area contributed by atoms with Crippen molar-refractivity contribution >= 4 is 23.2 Å². The number of aromatic nitrogens is 2. The summed E-state index contributed by atoms with van der Waals surface area (Å²) in [7, 11) is 4.14. The van der Waals surface area contributed by atoms with E-state index in [9.17, 15) is 0 Å². The Bertz CT molecular complexity index is 1020.